The predicted molar refractivity (Wildman–Crippen MR) is 136 cm³/mol. The van der Waals surface area contributed by atoms with Crippen molar-refractivity contribution < 1.29 is 9.53 Å². The maximum atomic E-state index is 13.6. The molecule has 2 aromatic heterocycles. The molecule has 7 heteroatoms. The Morgan fingerprint density at radius 2 is 1.82 bits per heavy atom. The zero-order valence-corrected chi connectivity index (χ0v) is 20.4. The van der Waals surface area contributed by atoms with Crippen LogP contribution >= 0.6 is 22.7 Å². The van der Waals surface area contributed by atoms with Crippen LogP contribution in [0, 0.1) is 6.92 Å². The summed E-state index contributed by atoms with van der Waals surface area (Å²) in [5, 5.41) is 1.94. The fourth-order valence-corrected chi connectivity index (χ4v) is 5.78. The minimum atomic E-state index is -0.570. The lowest BCUT2D eigenvalue weighted by molar-refractivity contribution is -0.140. The molecule has 1 aliphatic rings. The quantitative estimate of drug-likeness (QED) is 0.394. The number of rotatable bonds is 5. The van der Waals surface area contributed by atoms with Crippen LogP contribution in [0.3, 0.4) is 0 Å². The van der Waals surface area contributed by atoms with Gasteiger partial charge in [0.25, 0.3) is 5.56 Å². The lowest BCUT2D eigenvalue weighted by Crippen LogP contribution is -2.39. The summed E-state index contributed by atoms with van der Waals surface area (Å²) in [4.78, 5) is 33.0. The summed E-state index contributed by atoms with van der Waals surface area (Å²) >= 11 is 2.84. The van der Waals surface area contributed by atoms with Gasteiger partial charge in [0.1, 0.15) is 12.6 Å². The molecule has 0 N–H and O–H groups in total. The van der Waals surface area contributed by atoms with E-state index in [-0.39, 0.29) is 12.2 Å². The molecule has 0 radical (unpaired) electrons. The maximum Gasteiger partial charge on any atom is 0.338 e. The zero-order chi connectivity index (χ0) is 23.7. The van der Waals surface area contributed by atoms with Gasteiger partial charge in [-0.3, -0.25) is 9.36 Å². The first kappa shape index (κ1) is 22.3. The standard InChI is InChI=1S/C27H22N2O3S2/c1-17-10-12-19(13-11-17)15-22-25(30)29-24(21-9-6-14-33-21)23(18(2)28-27(29)34-22)26(31)32-16-20-7-4-3-5-8-20/h3-15,24H,16H2,1-2H3. The van der Waals surface area contributed by atoms with E-state index in [0.717, 1.165) is 21.6 Å². The van der Waals surface area contributed by atoms with Gasteiger partial charge in [-0.15, -0.1) is 11.3 Å². The molecule has 170 valence electrons. The van der Waals surface area contributed by atoms with Crippen LogP contribution in [0.25, 0.3) is 6.08 Å². The van der Waals surface area contributed by atoms with E-state index in [1.54, 1.807) is 11.5 Å². The average Bonchev–Trinajstić information content (AvgIpc) is 3.47. The minimum absolute atomic E-state index is 0.158. The number of ether oxygens (including phenoxy) is 1. The second-order valence-electron chi connectivity index (χ2n) is 8.07. The van der Waals surface area contributed by atoms with Crippen LogP contribution in [0.2, 0.25) is 0 Å². The molecule has 34 heavy (non-hydrogen) atoms. The van der Waals surface area contributed by atoms with E-state index in [2.05, 4.69) is 4.99 Å². The average molecular weight is 487 g/mol. The van der Waals surface area contributed by atoms with Gasteiger partial charge in [0.15, 0.2) is 4.80 Å². The minimum Gasteiger partial charge on any atom is -0.457 e. The topological polar surface area (TPSA) is 60.7 Å². The molecule has 0 spiro atoms. The fourth-order valence-electron chi connectivity index (χ4n) is 3.91. The Balaban J connectivity index is 1.58. The summed E-state index contributed by atoms with van der Waals surface area (Å²) in [7, 11) is 0. The summed E-state index contributed by atoms with van der Waals surface area (Å²) in [5.41, 5.74) is 3.81. The van der Waals surface area contributed by atoms with Gasteiger partial charge in [-0.2, -0.15) is 0 Å². The first-order chi connectivity index (χ1) is 16.5. The van der Waals surface area contributed by atoms with E-state index in [4.69, 9.17) is 4.74 Å². The number of thiophene rings is 1. The molecular weight excluding hydrogens is 464 g/mol. The summed E-state index contributed by atoms with van der Waals surface area (Å²) < 4.78 is 7.87. The summed E-state index contributed by atoms with van der Waals surface area (Å²) in [6.45, 7) is 3.99. The number of allylic oxidation sites excluding steroid dienone is 1. The van der Waals surface area contributed by atoms with Gasteiger partial charge in [-0.05, 0) is 42.5 Å². The van der Waals surface area contributed by atoms with Crippen molar-refractivity contribution in [1.29, 1.82) is 0 Å². The van der Waals surface area contributed by atoms with Gasteiger partial charge >= 0.3 is 5.97 Å². The highest BCUT2D eigenvalue weighted by molar-refractivity contribution is 7.10. The van der Waals surface area contributed by atoms with Crippen molar-refractivity contribution in [3.8, 4) is 0 Å². The fraction of sp³-hybridized carbons (Fsp3) is 0.148. The molecule has 0 saturated heterocycles. The van der Waals surface area contributed by atoms with Gasteiger partial charge in [0.2, 0.25) is 0 Å². The Hall–Kier alpha value is -3.55. The largest absolute Gasteiger partial charge is 0.457 e. The molecule has 0 aliphatic carbocycles. The molecule has 0 bridgehead atoms. The highest BCUT2D eigenvalue weighted by atomic mass is 32.1. The first-order valence-electron chi connectivity index (χ1n) is 10.8. The van der Waals surface area contributed by atoms with Gasteiger partial charge in [0.05, 0.1) is 15.8 Å². The van der Waals surface area contributed by atoms with E-state index < -0.39 is 12.0 Å². The van der Waals surface area contributed by atoms with E-state index in [1.807, 2.05) is 85.1 Å². The Bertz CT molecular complexity index is 1540. The number of carbonyl (C=O) groups is 1. The predicted octanol–water partition coefficient (Wildman–Crippen LogP) is 4.35. The van der Waals surface area contributed by atoms with E-state index in [0.29, 0.717) is 20.6 Å². The van der Waals surface area contributed by atoms with Crippen LogP contribution in [0.15, 0.2) is 93.2 Å². The second kappa shape index (κ2) is 9.37. The summed E-state index contributed by atoms with van der Waals surface area (Å²) in [5.74, 6) is -0.462. The Morgan fingerprint density at radius 1 is 1.06 bits per heavy atom. The number of hydrogen-bond acceptors (Lipinski definition) is 6. The molecule has 0 fully saturated rings. The molecule has 3 heterocycles. The molecular formula is C27H22N2O3S2. The van der Waals surface area contributed by atoms with Crippen molar-refractivity contribution >= 4 is 34.7 Å². The molecule has 4 aromatic rings. The third-order valence-electron chi connectivity index (χ3n) is 5.64. The van der Waals surface area contributed by atoms with Crippen LogP contribution in [0.4, 0.5) is 0 Å². The van der Waals surface area contributed by atoms with Crippen LogP contribution in [0.5, 0.6) is 0 Å². The van der Waals surface area contributed by atoms with Gasteiger partial charge in [0, 0.05) is 4.88 Å². The van der Waals surface area contributed by atoms with Crippen molar-refractivity contribution in [3.05, 3.63) is 125 Å². The lowest BCUT2D eigenvalue weighted by Gasteiger charge is -2.23. The summed E-state index contributed by atoms with van der Waals surface area (Å²) in [6, 6.07) is 20.8. The van der Waals surface area contributed by atoms with E-state index in [9.17, 15) is 9.59 Å². The van der Waals surface area contributed by atoms with Crippen molar-refractivity contribution in [2.75, 3.05) is 0 Å². The number of aryl methyl sites for hydroxylation is 1. The van der Waals surface area contributed by atoms with Crippen molar-refractivity contribution in [3.63, 3.8) is 0 Å². The molecule has 5 rings (SSSR count). The second-order valence-corrected chi connectivity index (χ2v) is 10.1. The van der Waals surface area contributed by atoms with E-state index in [1.165, 1.54) is 22.7 Å². The molecule has 2 aromatic carbocycles. The monoisotopic (exact) mass is 486 g/mol. The number of nitrogens with zero attached hydrogens (tertiary/aromatic N) is 2. The Morgan fingerprint density at radius 3 is 2.53 bits per heavy atom. The SMILES string of the molecule is CC1=C(C(=O)OCc2ccccc2)C(c2cccs2)n2c(sc(=Cc3ccc(C)cc3)c2=O)=N1. The number of hydrogen-bond donors (Lipinski definition) is 0. The Labute approximate surface area is 204 Å². The molecule has 1 atom stereocenters. The number of aromatic nitrogens is 1. The van der Waals surface area contributed by atoms with Crippen LogP contribution in [-0.4, -0.2) is 10.5 Å². The third kappa shape index (κ3) is 4.32. The molecule has 1 aliphatic heterocycles. The maximum absolute atomic E-state index is 13.6. The number of fused-ring (bicyclic) bond motifs is 1. The van der Waals surface area contributed by atoms with Crippen LogP contribution in [-0.2, 0) is 16.1 Å². The summed E-state index contributed by atoms with van der Waals surface area (Å²) in [6.07, 6.45) is 1.88. The Kier molecular flexibility index (Phi) is 6.13. The number of carbonyl (C=O) groups excluding carboxylic acids is 1. The molecule has 0 saturated carbocycles. The molecule has 1 unspecified atom stereocenters. The van der Waals surface area contributed by atoms with Gasteiger partial charge < -0.3 is 4.74 Å². The lowest BCUT2D eigenvalue weighted by atomic mass is 10.0. The number of thiazole rings is 1. The van der Waals surface area contributed by atoms with Crippen molar-refractivity contribution in [2.45, 2.75) is 26.5 Å². The smallest absolute Gasteiger partial charge is 0.338 e. The zero-order valence-electron chi connectivity index (χ0n) is 18.7. The number of esters is 1. The van der Waals surface area contributed by atoms with Gasteiger partial charge in [-0.25, -0.2) is 9.79 Å². The highest BCUT2D eigenvalue weighted by Crippen LogP contribution is 2.33. The molecule has 0 amide bonds. The van der Waals surface area contributed by atoms with Crippen LogP contribution < -0.4 is 14.9 Å². The highest BCUT2D eigenvalue weighted by Gasteiger charge is 2.34. The number of benzene rings is 2. The normalized spacial score (nSPS) is 15.7. The van der Waals surface area contributed by atoms with Crippen molar-refractivity contribution in [2.24, 2.45) is 4.99 Å². The third-order valence-corrected chi connectivity index (χ3v) is 7.55. The van der Waals surface area contributed by atoms with Gasteiger partial charge in [-0.1, -0.05) is 77.6 Å². The van der Waals surface area contributed by atoms with Crippen LogP contribution in [0.1, 0.15) is 34.5 Å². The first-order valence-corrected chi connectivity index (χ1v) is 12.5. The van der Waals surface area contributed by atoms with Crippen molar-refractivity contribution in [1.82, 2.24) is 4.57 Å². The molecule has 5 nitrogen and oxygen atoms in total. The van der Waals surface area contributed by atoms with E-state index >= 15 is 0 Å².